The molecule has 2 unspecified atom stereocenters. The van der Waals surface area contributed by atoms with Crippen LogP contribution in [-0.2, 0) is 28.6 Å². The molecule has 0 radical (unpaired) electrons. The van der Waals surface area contributed by atoms with E-state index in [9.17, 15) is 28.7 Å². The van der Waals surface area contributed by atoms with Gasteiger partial charge in [-0.3, -0.25) is 14.4 Å². The molecule has 1 N–H and O–H groups in total. The van der Waals surface area contributed by atoms with E-state index in [1.807, 2.05) is 0 Å². The van der Waals surface area contributed by atoms with Crippen molar-refractivity contribution < 1.29 is 42.9 Å². The molecule has 2 atom stereocenters. The molecular formula is C19H21FN2O8. The minimum atomic E-state index is -1.83. The molecule has 0 bridgehead atoms. The molecule has 2 saturated heterocycles. The number of ether oxygens (including phenoxy) is 3. The van der Waals surface area contributed by atoms with Crippen molar-refractivity contribution in [1.82, 2.24) is 4.90 Å². The molecule has 30 heavy (non-hydrogen) atoms. The number of hydrogen-bond acceptors (Lipinski definition) is 7. The molecule has 0 saturated carbocycles. The summed E-state index contributed by atoms with van der Waals surface area (Å²) in [5.41, 5.74) is -0.00159. The Kier molecular flexibility index (Phi) is 6.63. The number of carbonyl (C=O) groups is 4. The molecular weight excluding hydrogens is 403 g/mol. The summed E-state index contributed by atoms with van der Waals surface area (Å²) in [5, 5.41) is 9.31. The highest BCUT2D eigenvalue weighted by atomic mass is 19.1. The van der Waals surface area contributed by atoms with Crippen LogP contribution in [0.3, 0.4) is 0 Å². The number of nitrogens with zero attached hydrogens (tertiary/aromatic N) is 2. The number of morpholine rings is 2. The summed E-state index contributed by atoms with van der Waals surface area (Å²) in [7, 11) is 0. The minimum absolute atomic E-state index is 0.0361. The standard InChI is InChI=1S/C19H21FN2O8/c1-11(23)30-16(19(26)27)15-18(25)22(6-9-29-15)12-2-3-14(20)13(10-12)17(24)21-4-7-28-8-5-21/h2-3,10,15-16H,4-9H2,1H3,(H,26,27). The lowest BCUT2D eigenvalue weighted by atomic mass is 10.1. The predicted octanol–water partition coefficient (Wildman–Crippen LogP) is 0.0462. The monoisotopic (exact) mass is 424 g/mol. The smallest absolute Gasteiger partial charge is 0.348 e. The molecule has 0 aromatic heterocycles. The molecule has 0 aliphatic carbocycles. The maximum atomic E-state index is 14.4. The molecule has 1 aromatic carbocycles. The molecule has 2 heterocycles. The number of benzene rings is 1. The number of aliphatic carboxylic acids is 1. The molecule has 2 amide bonds. The first kappa shape index (κ1) is 21.7. The predicted molar refractivity (Wildman–Crippen MR) is 98.4 cm³/mol. The van der Waals surface area contributed by atoms with E-state index in [4.69, 9.17) is 14.2 Å². The summed E-state index contributed by atoms with van der Waals surface area (Å²) in [6.07, 6.45) is -3.39. The van der Waals surface area contributed by atoms with Crippen molar-refractivity contribution in [1.29, 1.82) is 0 Å². The molecule has 162 valence electrons. The Bertz CT molecular complexity index is 855. The first-order valence-electron chi connectivity index (χ1n) is 9.29. The summed E-state index contributed by atoms with van der Waals surface area (Å²) in [6.45, 7) is 2.38. The van der Waals surface area contributed by atoms with Crippen LogP contribution in [-0.4, -0.2) is 85.4 Å². The highest BCUT2D eigenvalue weighted by Crippen LogP contribution is 2.25. The highest BCUT2D eigenvalue weighted by molar-refractivity contribution is 6.02. The van der Waals surface area contributed by atoms with Crippen LogP contribution in [0.25, 0.3) is 0 Å². The zero-order valence-corrected chi connectivity index (χ0v) is 16.2. The average Bonchev–Trinajstić information content (AvgIpc) is 2.73. The number of rotatable bonds is 5. The van der Waals surface area contributed by atoms with Gasteiger partial charge in [-0.2, -0.15) is 0 Å². The zero-order valence-electron chi connectivity index (χ0n) is 16.2. The summed E-state index contributed by atoms with van der Waals surface area (Å²) in [6, 6.07) is 3.63. The second-order valence-corrected chi connectivity index (χ2v) is 6.72. The summed E-state index contributed by atoms with van der Waals surface area (Å²) in [4.78, 5) is 50.8. The first-order chi connectivity index (χ1) is 14.3. The van der Waals surface area contributed by atoms with E-state index in [-0.39, 0.29) is 24.4 Å². The van der Waals surface area contributed by atoms with Gasteiger partial charge < -0.3 is 29.1 Å². The van der Waals surface area contributed by atoms with E-state index < -0.39 is 41.8 Å². The number of esters is 1. The maximum absolute atomic E-state index is 14.4. The van der Waals surface area contributed by atoms with Crippen LogP contribution < -0.4 is 4.90 Å². The Morgan fingerprint density at radius 1 is 1.20 bits per heavy atom. The topological polar surface area (TPSA) is 123 Å². The normalized spacial score (nSPS) is 20.6. The summed E-state index contributed by atoms with van der Waals surface area (Å²) < 4.78 is 29.5. The molecule has 3 rings (SSSR count). The van der Waals surface area contributed by atoms with Crippen LogP contribution in [0.4, 0.5) is 10.1 Å². The van der Waals surface area contributed by atoms with Crippen molar-refractivity contribution in [2.45, 2.75) is 19.1 Å². The van der Waals surface area contributed by atoms with E-state index in [0.29, 0.717) is 26.3 Å². The van der Waals surface area contributed by atoms with Crippen LogP contribution in [0.15, 0.2) is 18.2 Å². The number of carboxylic acid groups (broad SMARTS) is 1. The van der Waals surface area contributed by atoms with Gasteiger partial charge in [0.1, 0.15) is 5.82 Å². The molecule has 2 aliphatic heterocycles. The van der Waals surface area contributed by atoms with Crippen molar-refractivity contribution in [3.05, 3.63) is 29.6 Å². The van der Waals surface area contributed by atoms with Gasteiger partial charge in [0.2, 0.25) is 6.10 Å². The van der Waals surface area contributed by atoms with E-state index in [0.717, 1.165) is 13.0 Å². The van der Waals surface area contributed by atoms with Gasteiger partial charge in [-0.15, -0.1) is 0 Å². The maximum Gasteiger partial charge on any atom is 0.348 e. The Morgan fingerprint density at radius 3 is 2.53 bits per heavy atom. The number of hydrogen-bond donors (Lipinski definition) is 1. The number of anilines is 1. The third-order valence-corrected chi connectivity index (χ3v) is 4.72. The van der Waals surface area contributed by atoms with Crippen LogP contribution in [0.2, 0.25) is 0 Å². The van der Waals surface area contributed by atoms with Crippen LogP contribution in [0.5, 0.6) is 0 Å². The van der Waals surface area contributed by atoms with Crippen molar-refractivity contribution in [2.75, 3.05) is 44.4 Å². The van der Waals surface area contributed by atoms with Gasteiger partial charge in [0, 0.05) is 32.2 Å². The van der Waals surface area contributed by atoms with E-state index in [1.54, 1.807) is 0 Å². The van der Waals surface area contributed by atoms with Crippen LogP contribution in [0.1, 0.15) is 17.3 Å². The molecule has 2 fully saturated rings. The van der Waals surface area contributed by atoms with E-state index in [1.165, 1.54) is 21.9 Å². The van der Waals surface area contributed by atoms with E-state index in [2.05, 4.69) is 0 Å². The Balaban J connectivity index is 1.85. The van der Waals surface area contributed by atoms with Gasteiger partial charge in [-0.05, 0) is 18.2 Å². The molecule has 11 heteroatoms. The van der Waals surface area contributed by atoms with Crippen molar-refractivity contribution in [3.63, 3.8) is 0 Å². The van der Waals surface area contributed by atoms with Gasteiger partial charge in [0.25, 0.3) is 11.8 Å². The van der Waals surface area contributed by atoms with Crippen molar-refractivity contribution in [3.8, 4) is 0 Å². The van der Waals surface area contributed by atoms with Gasteiger partial charge in [0.05, 0.1) is 25.4 Å². The third kappa shape index (κ3) is 4.57. The fraction of sp³-hybridized carbons (Fsp3) is 0.474. The lowest BCUT2D eigenvalue weighted by Crippen LogP contribution is -2.55. The summed E-state index contributed by atoms with van der Waals surface area (Å²) in [5.74, 6) is -4.45. The number of halogens is 1. The van der Waals surface area contributed by atoms with Gasteiger partial charge >= 0.3 is 11.9 Å². The molecule has 10 nitrogen and oxygen atoms in total. The summed E-state index contributed by atoms with van der Waals surface area (Å²) >= 11 is 0. The van der Waals surface area contributed by atoms with Gasteiger partial charge in [-0.1, -0.05) is 0 Å². The second-order valence-electron chi connectivity index (χ2n) is 6.72. The Labute approximate surface area is 171 Å². The van der Waals surface area contributed by atoms with Gasteiger partial charge in [0.15, 0.2) is 6.10 Å². The molecule has 2 aliphatic rings. The number of carboxylic acids is 1. The Hall–Kier alpha value is -3.05. The Morgan fingerprint density at radius 2 is 1.90 bits per heavy atom. The number of carbonyl (C=O) groups excluding carboxylic acids is 3. The fourth-order valence-electron chi connectivity index (χ4n) is 3.28. The lowest BCUT2D eigenvalue weighted by molar-refractivity contribution is -0.177. The third-order valence-electron chi connectivity index (χ3n) is 4.72. The highest BCUT2D eigenvalue weighted by Gasteiger charge is 2.42. The largest absolute Gasteiger partial charge is 0.478 e. The average molecular weight is 424 g/mol. The fourth-order valence-corrected chi connectivity index (χ4v) is 3.28. The van der Waals surface area contributed by atoms with Crippen LogP contribution in [0, 0.1) is 5.82 Å². The second kappa shape index (κ2) is 9.18. The van der Waals surface area contributed by atoms with Crippen molar-refractivity contribution >= 4 is 29.4 Å². The lowest BCUT2D eigenvalue weighted by Gasteiger charge is -2.34. The SMILES string of the molecule is CC(=O)OC(C(=O)O)C1OCCN(c2ccc(F)c(C(=O)N3CCOCC3)c2)C1=O. The first-order valence-corrected chi connectivity index (χ1v) is 9.29. The number of amides is 2. The van der Waals surface area contributed by atoms with E-state index >= 15 is 0 Å². The molecule has 1 aromatic rings. The van der Waals surface area contributed by atoms with Crippen LogP contribution >= 0.6 is 0 Å². The quantitative estimate of drug-likeness (QED) is 0.658. The molecule has 0 spiro atoms. The zero-order chi connectivity index (χ0) is 21.8. The van der Waals surface area contributed by atoms with Gasteiger partial charge in [-0.25, -0.2) is 9.18 Å². The van der Waals surface area contributed by atoms with Crippen molar-refractivity contribution in [2.24, 2.45) is 0 Å². The minimum Gasteiger partial charge on any atom is -0.478 e.